The maximum atomic E-state index is 11.8. The third kappa shape index (κ3) is 3.71. The fourth-order valence-electron chi connectivity index (χ4n) is 1.23. The number of likely N-dealkylation sites (N-methyl/N-ethyl adjacent to an activating group) is 1. The number of carbonyl (C=O) groups excluding carboxylic acids is 2. The molecule has 0 bridgehead atoms. The zero-order valence-electron chi connectivity index (χ0n) is 9.66. The fourth-order valence-corrected chi connectivity index (χ4v) is 1.43. The van der Waals surface area contributed by atoms with Crippen molar-refractivity contribution >= 4 is 23.4 Å². The average Bonchev–Trinajstić information content (AvgIpc) is 2.29. The molecule has 6 heteroatoms. The number of hydrogen-bond donors (Lipinski definition) is 2. The first kappa shape index (κ1) is 13.4. The molecule has 0 spiro atoms. The molecule has 0 aliphatic carbocycles. The molecule has 1 aromatic rings. The largest absolute Gasteiger partial charge is 0.355 e. The molecule has 5 nitrogen and oxygen atoms in total. The van der Waals surface area contributed by atoms with Crippen LogP contribution in [0, 0.1) is 0 Å². The number of hydrogen-bond acceptors (Lipinski definition) is 3. The Morgan fingerprint density at radius 1 is 1.53 bits per heavy atom. The second kappa shape index (κ2) is 6.20. The summed E-state index contributed by atoms with van der Waals surface area (Å²) < 4.78 is 0. The van der Waals surface area contributed by atoms with Crippen molar-refractivity contribution in [2.75, 3.05) is 6.54 Å². The van der Waals surface area contributed by atoms with Crippen LogP contribution in [-0.4, -0.2) is 29.4 Å². The van der Waals surface area contributed by atoms with Crippen LogP contribution in [0.2, 0.25) is 5.02 Å². The molecular formula is C11H14ClN3O2. The number of pyridine rings is 1. The Morgan fingerprint density at radius 3 is 2.82 bits per heavy atom. The first-order valence-electron chi connectivity index (χ1n) is 5.24. The molecular weight excluding hydrogens is 242 g/mol. The van der Waals surface area contributed by atoms with Gasteiger partial charge in [0.15, 0.2) is 0 Å². The number of nitrogens with zero attached hydrogens (tertiary/aromatic N) is 1. The predicted molar refractivity (Wildman–Crippen MR) is 64.9 cm³/mol. The number of nitrogens with one attached hydrogen (secondary N) is 2. The van der Waals surface area contributed by atoms with E-state index in [1.807, 2.05) is 6.92 Å². The molecule has 2 amide bonds. The summed E-state index contributed by atoms with van der Waals surface area (Å²) in [6.45, 7) is 3.94. The Balaban J connectivity index is 2.67. The lowest BCUT2D eigenvalue weighted by Crippen LogP contribution is -2.44. The second-order valence-corrected chi connectivity index (χ2v) is 3.85. The first-order valence-corrected chi connectivity index (χ1v) is 5.62. The van der Waals surface area contributed by atoms with E-state index in [9.17, 15) is 9.59 Å². The quantitative estimate of drug-likeness (QED) is 0.843. The summed E-state index contributed by atoms with van der Waals surface area (Å²) in [4.78, 5) is 27.0. The summed E-state index contributed by atoms with van der Waals surface area (Å²) in [6.07, 6.45) is 2.85. The van der Waals surface area contributed by atoms with E-state index in [-0.39, 0.29) is 10.9 Å². The van der Waals surface area contributed by atoms with Gasteiger partial charge in [-0.15, -0.1) is 0 Å². The Labute approximate surface area is 105 Å². The minimum atomic E-state index is -0.605. The van der Waals surface area contributed by atoms with Gasteiger partial charge in [-0.25, -0.2) is 0 Å². The summed E-state index contributed by atoms with van der Waals surface area (Å²) in [5.74, 6) is -0.623. The Bertz CT molecular complexity index is 423. The molecule has 1 aromatic heterocycles. The van der Waals surface area contributed by atoms with Crippen LogP contribution >= 0.6 is 11.6 Å². The highest BCUT2D eigenvalue weighted by Gasteiger charge is 2.17. The zero-order chi connectivity index (χ0) is 12.8. The van der Waals surface area contributed by atoms with Gasteiger partial charge in [-0.1, -0.05) is 11.6 Å². The van der Waals surface area contributed by atoms with E-state index in [1.54, 1.807) is 6.92 Å². The monoisotopic (exact) mass is 255 g/mol. The second-order valence-electron chi connectivity index (χ2n) is 3.45. The van der Waals surface area contributed by atoms with Gasteiger partial charge >= 0.3 is 0 Å². The van der Waals surface area contributed by atoms with Gasteiger partial charge in [0.1, 0.15) is 6.04 Å². The molecule has 1 heterocycles. The van der Waals surface area contributed by atoms with Crippen molar-refractivity contribution in [3.8, 4) is 0 Å². The molecule has 0 saturated carbocycles. The zero-order valence-corrected chi connectivity index (χ0v) is 10.4. The van der Waals surface area contributed by atoms with E-state index in [2.05, 4.69) is 15.6 Å². The van der Waals surface area contributed by atoms with Gasteiger partial charge in [0, 0.05) is 18.9 Å². The van der Waals surface area contributed by atoms with Gasteiger partial charge in [-0.2, -0.15) is 0 Å². The molecule has 0 aromatic carbocycles. The van der Waals surface area contributed by atoms with Crippen LogP contribution in [0.15, 0.2) is 18.5 Å². The van der Waals surface area contributed by atoms with Crippen LogP contribution in [0.5, 0.6) is 0 Å². The van der Waals surface area contributed by atoms with Crippen molar-refractivity contribution in [3.05, 3.63) is 29.0 Å². The van der Waals surface area contributed by atoms with Gasteiger partial charge in [-0.3, -0.25) is 14.6 Å². The van der Waals surface area contributed by atoms with Crippen molar-refractivity contribution in [1.29, 1.82) is 0 Å². The van der Waals surface area contributed by atoms with Crippen LogP contribution in [-0.2, 0) is 4.79 Å². The summed E-state index contributed by atoms with van der Waals surface area (Å²) in [6, 6.07) is 0.897. The highest BCUT2D eigenvalue weighted by atomic mass is 35.5. The molecule has 0 aliphatic rings. The molecule has 17 heavy (non-hydrogen) atoms. The van der Waals surface area contributed by atoms with E-state index in [1.165, 1.54) is 18.5 Å². The minimum Gasteiger partial charge on any atom is -0.355 e. The van der Waals surface area contributed by atoms with Crippen LogP contribution in [0.25, 0.3) is 0 Å². The van der Waals surface area contributed by atoms with E-state index in [0.29, 0.717) is 12.1 Å². The molecule has 2 N–H and O–H groups in total. The molecule has 1 atom stereocenters. The SMILES string of the molecule is CCNC(=O)C(C)NC(=O)c1ccncc1Cl. The Kier molecular flexibility index (Phi) is 4.90. The standard InChI is InChI=1S/C11H14ClN3O2/c1-3-14-10(16)7(2)15-11(17)8-4-5-13-6-9(8)12/h4-7H,3H2,1-2H3,(H,14,16)(H,15,17). The number of carbonyl (C=O) groups is 2. The van der Waals surface area contributed by atoms with Crippen molar-refractivity contribution < 1.29 is 9.59 Å². The molecule has 0 aliphatic heterocycles. The topological polar surface area (TPSA) is 71.1 Å². The lowest BCUT2D eigenvalue weighted by atomic mass is 10.2. The van der Waals surface area contributed by atoms with Gasteiger partial charge in [0.25, 0.3) is 5.91 Å². The normalized spacial score (nSPS) is 11.7. The average molecular weight is 256 g/mol. The van der Waals surface area contributed by atoms with Crippen molar-refractivity contribution in [2.24, 2.45) is 0 Å². The highest BCUT2D eigenvalue weighted by molar-refractivity contribution is 6.33. The number of amides is 2. The smallest absolute Gasteiger partial charge is 0.253 e. The fraction of sp³-hybridized carbons (Fsp3) is 0.364. The lowest BCUT2D eigenvalue weighted by molar-refractivity contribution is -0.122. The highest BCUT2D eigenvalue weighted by Crippen LogP contribution is 2.12. The third-order valence-corrected chi connectivity index (χ3v) is 2.41. The van der Waals surface area contributed by atoms with Crippen molar-refractivity contribution in [3.63, 3.8) is 0 Å². The predicted octanol–water partition coefficient (Wildman–Crippen LogP) is 0.989. The first-order chi connectivity index (χ1) is 8.06. The lowest BCUT2D eigenvalue weighted by Gasteiger charge is -2.13. The van der Waals surface area contributed by atoms with Crippen LogP contribution in [0.1, 0.15) is 24.2 Å². The van der Waals surface area contributed by atoms with Crippen molar-refractivity contribution in [1.82, 2.24) is 15.6 Å². The summed E-state index contributed by atoms with van der Waals surface area (Å²) >= 11 is 5.82. The Morgan fingerprint density at radius 2 is 2.24 bits per heavy atom. The number of halogens is 1. The van der Waals surface area contributed by atoms with Gasteiger partial charge in [0.05, 0.1) is 10.6 Å². The maximum absolute atomic E-state index is 11.8. The molecule has 1 unspecified atom stereocenters. The van der Waals surface area contributed by atoms with E-state index >= 15 is 0 Å². The number of aromatic nitrogens is 1. The molecule has 0 radical (unpaired) electrons. The molecule has 1 rings (SSSR count). The van der Waals surface area contributed by atoms with Gasteiger partial charge in [-0.05, 0) is 19.9 Å². The van der Waals surface area contributed by atoms with Crippen LogP contribution in [0.3, 0.4) is 0 Å². The van der Waals surface area contributed by atoms with Crippen LogP contribution < -0.4 is 10.6 Å². The molecule has 0 saturated heterocycles. The molecule has 92 valence electrons. The Hall–Kier alpha value is -1.62. The van der Waals surface area contributed by atoms with Crippen LogP contribution in [0.4, 0.5) is 0 Å². The molecule has 0 fully saturated rings. The maximum Gasteiger partial charge on any atom is 0.253 e. The third-order valence-electron chi connectivity index (χ3n) is 2.11. The number of rotatable bonds is 4. The van der Waals surface area contributed by atoms with Crippen molar-refractivity contribution in [2.45, 2.75) is 19.9 Å². The van der Waals surface area contributed by atoms with E-state index in [0.717, 1.165) is 0 Å². The van der Waals surface area contributed by atoms with Gasteiger partial charge in [0.2, 0.25) is 5.91 Å². The summed E-state index contributed by atoms with van der Waals surface area (Å²) in [7, 11) is 0. The van der Waals surface area contributed by atoms with E-state index < -0.39 is 11.9 Å². The van der Waals surface area contributed by atoms with Gasteiger partial charge < -0.3 is 10.6 Å². The summed E-state index contributed by atoms with van der Waals surface area (Å²) in [5.41, 5.74) is 0.304. The van der Waals surface area contributed by atoms with E-state index in [4.69, 9.17) is 11.6 Å². The summed E-state index contributed by atoms with van der Waals surface area (Å²) in [5, 5.41) is 5.43. The minimum absolute atomic E-state index is 0.231.